The number of fused-ring (bicyclic) bond motifs is 1. The van der Waals surface area contributed by atoms with E-state index in [1.165, 1.54) is 5.57 Å². The number of carbonyl (C=O) groups excluding carboxylic acids is 1. The number of unbranched alkanes of at least 4 members (excludes halogenated alkanes) is 3. The third kappa shape index (κ3) is 7.34. The number of carbonyl (C=O) groups is 1. The van der Waals surface area contributed by atoms with E-state index in [2.05, 4.69) is 24.4 Å². The topological polar surface area (TPSA) is 89.8 Å². The van der Waals surface area contributed by atoms with Crippen molar-refractivity contribution in [3.63, 3.8) is 0 Å². The van der Waals surface area contributed by atoms with E-state index in [9.17, 15) is 15.0 Å². The fraction of sp³-hybridized carbons (Fsp3) is 0.783. The molecular formula is C23H39NO4. The van der Waals surface area contributed by atoms with Gasteiger partial charge in [0, 0.05) is 18.9 Å². The van der Waals surface area contributed by atoms with Crippen molar-refractivity contribution in [2.24, 2.45) is 17.8 Å². The predicted molar refractivity (Wildman–Crippen MR) is 112 cm³/mol. The molecule has 1 saturated carbocycles. The van der Waals surface area contributed by atoms with E-state index in [0.717, 1.165) is 57.8 Å². The first-order valence-corrected chi connectivity index (χ1v) is 11.2. The maximum Gasteiger partial charge on any atom is 0.220 e. The van der Waals surface area contributed by atoms with Crippen LogP contribution in [0, 0.1) is 17.8 Å². The summed E-state index contributed by atoms with van der Waals surface area (Å²) in [7, 11) is 0. The van der Waals surface area contributed by atoms with Crippen molar-refractivity contribution in [2.45, 2.75) is 83.3 Å². The maximum absolute atomic E-state index is 11.6. The van der Waals surface area contributed by atoms with Gasteiger partial charge < -0.3 is 20.6 Å². The molecule has 5 heteroatoms. The zero-order chi connectivity index (χ0) is 20.4. The van der Waals surface area contributed by atoms with Gasteiger partial charge in [0.1, 0.15) is 0 Å². The fourth-order valence-electron chi connectivity index (χ4n) is 4.67. The highest BCUT2D eigenvalue weighted by molar-refractivity contribution is 5.75. The Morgan fingerprint density at radius 3 is 2.89 bits per heavy atom. The Hall–Kier alpha value is -1.17. The first-order chi connectivity index (χ1) is 13.5. The van der Waals surface area contributed by atoms with Crippen molar-refractivity contribution in [2.75, 3.05) is 13.2 Å². The largest absolute Gasteiger partial charge is 0.395 e. The SMILES string of the molecule is CCCCC[C@H](O)/C=C/[C@@H]1[C@H]2CC(CCCCC(=O)NCCO)=C[C@H]2C[C@H]1O. The molecule has 5 nitrogen and oxygen atoms in total. The Bertz CT molecular complexity index is 531. The van der Waals surface area contributed by atoms with Crippen LogP contribution in [0.5, 0.6) is 0 Å². The summed E-state index contributed by atoms with van der Waals surface area (Å²) in [6.07, 6.45) is 15.0. The standard InChI is InChI=1S/C23H39NO4/c1-2-3-4-8-19(26)10-11-20-21-15-17(14-18(21)16-22(20)27)7-5-6-9-23(28)24-12-13-25/h10-11,14,18-22,25-27H,2-9,12-13,15-16H2,1H3,(H,24,28)/b11-10+/t18-,19-,20+,21-,22+/m0/s1. The zero-order valence-electron chi connectivity index (χ0n) is 17.4. The van der Waals surface area contributed by atoms with Gasteiger partial charge in [0.2, 0.25) is 5.91 Å². The third-order valence-electron chi connectivity index (χ3n) is 6.19. The second-order valence-corrected chi connectivity index (χ2v) is 8.47. The summed E-state index contributed by atoms with van der Waals surface area (Å²) in [4.78, 5) is 11.6. The van der Waals surface area contributed by atoms with Crippen LogP contribution in [0.15, 0.2) is 23.8 Å². The van der Waals surface area contributed by atoms with Crippen molar-refractivity contribution in [1.82, 2.24) is 5.32 Å². The van der Waals surface area contributed by atoms with E-state index < -0.39 is 6.10 Å². The lowest BCUT2D eigenvalue weighted by molar-refractivity contribution is -0.121. The van der Waals surface area contributed by atoms with Gasteiger partial charge in [-0.2, -0.15) is 0 Å². The van der Waals surface area contributed by atoms with Crippen LogP contribution in [0.2, 0.25) is 0 Å². The molecule has 28 heavy (non-hydrogen) atoms. The van der Waals surface area contributed by atoms with E-state index in [-0.39, 0.29) is 24.5 Å². The monoisotopic (exact) mass is 393 g/mol. The van der Waals surface area contributed by atoms with Crippen LogP contribution in [0.25, 0.3) is 0 Å². The molecule has 2 aliphatic rings. The maximum atomic E-state index is 11.6. The molecule has 160 valence electrons. The summed E-state index contributed by atoms with van der Waals surface area (Å²) >= 11 is 0. The van der Waals surface area contributed by atoms with Crippen LogP contribution >= 0.6 is 0 Å². The molecule has 0 bridgehead atoms. The molecule has 0 aromatic carbocycles. The number of hydrogen-bond acceptors (Lipinski definition) is 4. The number of hydrogen-bond donors (Lipinski definition) is 4. The van der Waals surface area contributed by atoms with Crippen LogP contribution in [0.4, 0.5) is 0 Å². The van der Waals surface area contributed by atoms with E-state index >= 15 is 0 Å². The number of aliphatic hydroxyl groups excluding tert-OH is 3. The average Bonchev–Trinajstić information content (AvgIpc) is 3.18. The van der Waals surface area contributed by atoms with Crippen LogP contribution < -0.4 is 5.32 Å². The van der Waals surface area contributed by atoms with Crippen LogP contribution in [0.3, 0.4) is 0 Å². The third-order valence-corrected chi connectivity index (χ3v) is 6.19. The minimum absolute atomic E-state index is 0.0112. The predicted octanol–water partition coefficient (Wildman–Crippen LogP) is 3.10. The molecule has 0 aromatic rings. The Labute approximate surface area is 169 Å². The minimum Gasteiger partial charge on any atom is -0.395 e. The first-order valence-electron chi connectivity index (χ1n) is 11.2. The van der Waals surface area contributed by atoms with Gasteiger partial charge in [-0.3, -0.25) is 4.79 Å². The molecule has 0 heterocycles. The van der Waals surface area contributed by atoms with Gasteiger partial charge >= 0.3 is 0 Å². The van der Waals surface area contributed by atoms with Gasteiger partial charge in [0.05, 0.1) is 18.8 Å². The van der Waals surface area contributed by atoms with Crippen molar-refractivity contribution >= 4 is 5.91 Å². The molecular weight excluding hydrogens is 354 g/mol. The molecule has 0 spiro atoms. The molecule has 0 saturated heterocycles. The molecule has 0 unspecified atom stereocenters. The van der Waals surface area contributed by atoms with Crippen molar-refractivity contribution in [3.8, 4) is 0 Å². The lowest BCUT2D eigenvalue weighted by Crippen LogP contribution is -2.25. The first kappa shape index (κ1) is 23.1. The highest BCUT2D eigenvalue weighted by Crippen LogP contribution is 2.48. The highest BCUT2D eigenvalue weighted by Gasteiger charge is 2.43. The Balaban J connectivity index is 1.72. The number of rotatable bonds is 13. The van der Waals surface area contributed by atoms with Crippen molar-refractivity contribution in [1.29, 1.82) is 0 Å². The summed E-state index contributed by atoms with van der Waals surface area (Å²) in [6.45, 7) is 2.48. The Morgan fingerprint density at radius 1 is 1.32 bits per heavy atom. The van der Waals surface area contributed by atoms with Crippen molar-refractivity contribution in [3.05, 3.63) is 23.8 Å². The molecule has 5 atom stereocenters. The van der Waals surface area contributed by atoms with Gasteiger partial charge in [-0.15, -0.1) is 0 Å². The van der Waals surface area contributed by atoms with Gasteiger partial charge in [0.25, 0.3) is 0 Å². The van der Waals surface area contributed by atoms with E-state index in [1.54, 1.807) is 0 Å². The second-order valence-electron chi connectivity index (χ2n) is 8.47. The average molecular weight is 394 g/mol. The summed E-state index contributed by atoms with van der Waals surface area (Å²) in [6, 6.07) is 0. The number of allylic oxidation sites excluding steroid dienone is 2. The van der Waals surface area contributed by atoms with E-state index in [4.69, 9.17) is 5.11 Å². The second kappa shape index (κ2) is 12.4. The molecule has 4 N–H and O–H groups in total. The van der Waals surface area contributed by atoms with Gasteiger partial charge in [-0.05, 0) is 50.4 Å². The number of nitrogens with one attached hydrogen (secondary N) is 1. The molecule has 2 rings (SSSR count). The summed E-state index contributed by atoms with van der Waals surface area (Å²) in [5.41, 5.74) is 1.46. The number of amides is 1. The quantitative estimate of drug-likeness (QED) is 0.286. The van der Waals surface area contributed by atoms with Gasteiger partial charge in [-0.25, -0.2) is 0 Å². The van der Waals surface area contributed by atoms with Crippen LogP contribution in [-0.4, -0.2) is 46.6 Å². The van der Waals surface area contributed by atoms with Crippen LogP contribution in [-0.2, 0) is 4.79 Å². The summed E-state index contributed by atoms with van der Waals surface area (Å²) in [5, 5.41) is 31.9. The fourth-order valence-corrected chi connectivity index (χ4v) is 4.67. The molecule has 2 aliphatic carbocycles. The minimum atomic E-state index is -0.399. The number of aliphatic hydroxyl groups is 3. The lowest BCUT2D eigenvalue weighted by atomic mass is 9.88. The van der Waals surface area contributed by atoms with E-state index in [1.807, 2.05) is 6.08 Å². The lowest BCUT2D eigenvalue weighted by Gasteiger charge is -2.19. The Kier molecular flexibility index (Phi) is 10.2. The molecule has 0 radical (unpaired) electrons. The summed E-state index contributed by atoms with van der Waals surface area (Å²) < 4.78 is 0. The van der Waals surface area contributed by atoms with E-state index in [0.29, 0.717) is 24.8 Å². The zero-order valence-corrected chi connectivity index (χ0v) is 17.4. The Morgan fingerprint density at radius 2 is 2.14 bits per heavy atom. The molecule has 0 aromatic heterocycles. The highest BCUT2D eigenvalue weighted by atomic mass is 16.3. The normalized spacial score (nSPS) is 27.8. The van der Waals surface area contributed by atoms with Gasteiger partial charge in [-0.1, -0.05) is 50.0 Å². The van der Waals surface area contributed by atoms with Crippen LogP contribution in [0.1, 0.15) is 71.1 Å². The molecule has 1 fully saturated rings. The smallest absolute Gasteiger partial charge is 0.220 e. The summed E-state index contributed by atoms with van der Waals surface area (Å²) in [5.74, 6) is 1.06. The van der Waals surface area contributed by atoms with Gasteiger partial charge in [0.15, 0.2) is 0 Å². The van der Waals surface area contributed by atoms with Crippen molar-refractivity contribution < 1.29 is 20.1 Å². The molecule has 0 aliphatic heterocycles. The molecule has 1 amide bonds.